The number of hydrogen-bond acceptors (Lipinski definition) is 3. The molecule has 0 aliphatic carbocycles. The monoisotopic (exact) mass is 308 g/mol. The van der Waals surface area contributed by atoms with Crippen LogP contribution in [-0.4, -0.2) is 28.1 Å². The van der Waals surface area contributed by atoms with Gasteiger partial charge in [0.1, 0.15) is 6.04 Å². The van der Waals surface area contributed by atoms with Crippen LogP contribution in [-0.2, 0) is 0 Å². The highest BCUT2D eigenvalue weighted by Crippen LogP contribution is 2.10. The van der Waals surface area contributed by atoms with E-state index in [4.69, 9.17) is 5.73 Å². The minimum absolute atomic E-state index is 0.0614. The maximum absolute atomic E-state index is 12.3. The van der Waals surface area contributed by atoms with E-state index in [1.807, 2.05) is 18.2 Å². The predicted molar refractivity (Wildman–Crippen MR) is 85.9 cm³/mol. The van der Waals surface area contributed by atoms with Crippen LogP contribution >= 0.6 is 0 Å². The van der Waals surface area contributed by atoms with Crippen LogP contribution in [0, 0.1) is 11.8 Å². The van der Waals surface area contributed by atoms with Gasteiger partial charge in [0.2, 0.25) is 0 Å². The normalized spacial score (nSPS) is 11.0. The molecule has 0 aliphatic heterocycles. The molecular weight excluding hydrogens is 292 g/mol. The highest BCUT2D eigenvalue weighted by Gasteiger charge is 2.12. The number of carbonyl (C=O) groups is 2. The number of hydroxylamine groups is 2. The van der Waals surface area contributed by atoms with Crippen molar-refractivity contribution in [2.24, 2.45) is 5.73 Å². The van der Waals surface area contributed by atoms with E-state index in [2.05, 4.69) is 11.8 Å². The summed E-state index contributed by atoms with van der Waals surface area (Å²) in [5, 5.41) is 9.69. The van der Waals surface area contributed by atoms with E-state index in [9.17, 15) is 14.8 Å². The maximum atomic E-state index is 12.3. The first kappa shape index (κ1) is 16.3. The molecule has 2 aromatic rings. The summed E-state index contributed by atoms with van der Waals surface area (Å²) < 4.78 is 0. The lowest BCUT2D eigenvalue weighted by molar-refractivity contribution is -0.0536. The van der Waals surface area contributed by atoms with E-state index in [0.717, 1.165) is 0 Å². The number of primary amides is 1. The van der Waals surface area contributed by atoms with Crippen molar-refractivity contribution in [2.75, 3.05) is 0 Å². The minimum atomic E-state index is -0.962. The standard InChI is InChI=1S/C18H16N2O3/c1-13(20(23)18(19)22)7-8-14-9-11-16(12-10-14)17(21)15-5-3-2-4-6-15/h2-6,9-13,23H,1H3,(H2,19,22). The summed E-state index contributed by atoms with van der Waals surface area (Å²) in [5.41, 5.74) is 6.80. The summed E-state index contributed by atoms with van der Waals surface area (Å²) in [4.78, 5) is 23.1. The van der Waals surface area contributed by atoms with Gasteiger partial charge in [0, 0.05) is 16.7 Å². The number of nitrogens with two attached hydrogens (primary N) is 1. The first-order chi connectivity index (χ1) is 11.0. The van der Waals surface area contributed by atoms with E-state index in [1.165, 1.54) is 0 Å². The lowest BCUT2D eigenvalue weighted by atomic mass is 10.0. The molecule has 5 nitrogen and oxygen atoms in total. The van der Waals surface area contributed by atoms with E-state index in [1.54, 1.807) is 43.3 Å². The number of urea groups is 1. The fraction of sp³-hybridized carbons (Fsp3) is 0.111. The molecular formula is C18H16N2O3. The molecule has 5 heteroatoms. The van der Waals surface area contributed by atoms with Crippen LogP contribution in [0.15, 0.2) is 54.6 Å². The van der Waals surface area contributed by atoms with Gasteiger partial charge in [0.15, 0.2) is 5.78 Å². The van der Waals surface area contributed by atoms with Crippen molar-refractivity contribution in [1.29, 1.82) is 0 Å². The smallest absolute Gasteiger partial charge is 0.339 e. The summed E-state index contributed by atoms with van der Waals surface area (Å²) in [7, 11) is 0. The molecule has 0 saturated heterocycles. The SMILES string of the molecule is CC(C#Cc1ccc(C(=O)c2ccccc2)cc1)N(O)C(N)=O. The molecule has 0 aliphatic rings. The average molecular weight is 308 g/mol. The molecule has 0 radical (unpaired) electrons. The number of rotatable bonds is 3. The number of ketones is 1. The van der Waals surface area contributed by atoms with Gasteiger partial charge in [0.25, 0.3) is 0 Å². The number of hydrogen-bond donors (Lipinski definition) is 2. The number of benzene rings is 2. The second-order valence-corrected chi connectivity index (χ2v) is 4.90. The van der Waals surface area contributed by atoms with Crippen molar-refractivity contribution >= 4 is 11.8 Å². The molecule has 116 valence electrons. The second kappa shape index (κ2) is 7.25. The number of carbonyl (C=O) groups excluding carboxylic acids is 2. The van der Waals surface area contributed by atoms with Crippen molar-refractivity contribution < 1.29 is 14.8 Å². The van der Waals surface area contributed by atoms with Crippen LogP contribution in [0.25, 0.3) is 0 Å². The second-order valence-electron chi connectivity index (χ2n) is 4.90. The Morgan fingerprint density at radius 3 is 2.17 bits per heavy atom. The van der Waals surface area contributed by atoms with Crippen LogP contribution in [0.1, 0.15) is 28.4 Å². The average Bonchev–Trinajstić information content (AvgIpc) is 2.59. The predicted octanol–water partition coefficient (Wildman–Crippen LogP) is 2.43. The lowest BCUT2D eigenvalue weighted by Crippen LogP contribution is -2.38. The van der Waals surface area contributed by atoms with Crippen LogP contribution in [0.2, 0.25) is 0 Å². The van der Waals surface area contributed by atoms with Crippen LogP contribution < -0.4 is 5.73 Å². The zero-order chi connectivity index (χ0) is 16.8. The molecule has 0 spiro atoms. The largest absolute Gasteiger partial charge is 0.350 e. The van der Waals surface area contributed by atoms with Gasteiger partial charge >= 0.3 is 6.03 Å². The molecule has 0 saturated carbocycles. The van der Waals surface area contributed by atoms with Gasteiger partial charge < -0.3 is 5.73 Å². The lowest BCUT2D eigenvalue weighted by Gasteiger charge is -2.14. The first-order valence-corrected chi connectivity index (χ1v) is 6.98. The van der Waals surface area contributed by atoms with Crippen LogP contribution in [0.4, 0.5) is 4.79 Å². The number of nitrogens with zero attached hydrogens (tertiary/aromatic N) is 1. The van der Waals surface area contributed by atoms with Crippen molar-refractivity contribution in [3.05, 3.63) is 71.3 Å². The summed E-state index contributed by atoms with van der Waals surface area (Å²) in [6, 6.07) is 14.1. The summed E-state index contributed by atoms with van der Waals surface area (Å²) in [6.07, 6.45) is 0. The van der Waals surface area contributed by atoms with Gasteiger partial charge in [-0.2, -0.15) is 5.06 Å². The quantitative estimate of drug-likeness (QED) is 0.395. The molecule has 1 unspecified atom stereocenters. The molecule has 23 heavy (non-hydrogen) atoms. The third kappa shape index (κ3) is 4.19. The van der Waals surface area contributed by atoms with Crippen molar-refractivity contribution in [3.8, 4) is 11.8 Å². The Hall–Kier alpha value is -3.10. The Balaban J connectivity index is 2.12. The van der Waals surface area contributed by atoms with Gasteiger partial charge in [-0.05, 0) is 31.2 Å². The van der Waals surface area contributed by atoms with Crippen LogP contribution in [0.3, 0.4) is 0 Å². The van der Waals surface area contributed by atoms with Gasteiger partial charge in [-0.3, -0.25) is 10.0 Å². The molecule has 3 N–H and O–H groups in total. The zero-order valence-electron chi connectivity index (χ0n) is 12.6. The van der Waals surface area contributed by atoms with Crippen LogP contribution in [0.5, 0.6) is 0 Å². The van der Waals surface area contributed by atoms with E-state index in [-0.39, 0.29) is 5.78 Å². The van der Waals surface area contributed by atoms with Gasteiger partial charge in [-0.15, -0.1) is 0 Å². The highest BCUT2D eigenvalue weighted by atomic mass is 16.5. The van der Waals surface area contributed by atoms with Gasteiger partial charge in [0.05, 0.1) is 0 Å². The van der Waals surface area contributed by atoms with E-state index >= 15 is 0 Å². The third-order valence-electron chi connectivity index (χ3n) is 3.20. The fourth-order valence-corrected chi connectivity index (χ4v) is 1.90. The Labute approximate surface area is 134 Å². The van der Waals surface area contributed by atoms with E-state index in [0.29, 0.717) is 21.8 Å². The van der Waals surface area contributed by atoms with Crippen molar-refractivity contribution in [2.45, 2.75) is 13.0 Å². The van der Waals surface area contributed by atoms with Gasteiger partial charge in [-0.25, -0.2) is 4.79 Å². The van der Waals surface area contributed by atoms with Crippen molar-refractivity contribution in [3.63, 3.8) is 0 Å². The first-order valence-electron chi connectivity index (χ1n) is 6.98. The molecule has 0 aromatic heterocycles. The third-order valence-corrected chi connectivity index (χ3v) is 3.20. The molecule has 2 rings (SSSR count). The van der Waals surface area contributed by atoms with Crippen molar-refractivity contribution in [1.82, 2.24) is 5.06 Å². The molecule has 2 aromatic carbocycles. The summed E-state index contributed by atoms with van der Waals surface area (Å²) in [6.45, 7) is 1.55. The van der Waals surface area contributed by atoms with E-state index < -0.39 is 12.1 Å². The fourth-order valence-electron chi connectivity index (χ4n) is 1.90. The Morgan fingerprint density at radius 2 is 1.61 bits per heavy atom. The van der Waals surface area contributed by atoms with Gasteiger partial charge in [-0.1, -0.05) is 42.2 Å². The molecule has 0 heterocycles. The summed E-state index contributed by atoms with van der Waals surface area (Å²) in [5.74, 6) is 5.45. The molecule has 0 fully saturated rings. The molecule has 0 bridgehead atoms. The Morgan fingerprint density at radius 1 is 1.04 bits per heavy atom. The highest BCUT2D eigenvalue weighted by molar-refractivity contribution is 6.08. The number of amides is 2. The topological polar surface area (TPSA) is 83.6 Å². The summed E-state index contributed by atoms with van der Waals surface area (Å²) >= 11 is 0. The maximum Gasteiger partial charge on any atom is 0.339 e. The Kier molecular flexibility index (Phi) is 5.13. The molecule has 1 atom stereocenters. The molecule has 2 amide bonds. The zero-order valence-corrected chi connectivity index (χ0v) is 12.6. The minimum Gasteiger partial charge on any atom is -0.350 e. The Bertz CT molecular complexity index is 758.